The second-order valence-corrected chi connectivity index (χ2v) is 7.47. The Labute approximate surface area is 152 Å². The molecule has 2 fully saturated rings. The van der Waals surface area contributed by atoms with Crippen LogP contribution in [-0.4, -0.2) is 64.7 Å². The van der Waals surface area contributed by atoms with Gasteiger partial charge in [-0.05, 0) is 45.3 Å². The monoisotopic (exact) mass is 356 g/mol. The Morgan fingerprint density at radius 1 is 1.42 bits per heavy atom. The van der Waals surface area contributed by atoms with Crippen molar-refractivity contribution in [3.63, 3.8) is 0 Å². The number of rotatable bonds is 4. The van der Waals surface area contributed by atoms with Crippen LogP contribution in [0.15, 0.2) is 35.0 Å². The Hall–Kier alpha value is -2.41. The van der Waals surface area contributed by atoms with Gasteiger partial charge >= 0.3 is 0 Å². The van der Waals surface area contributed by atoms with Crippen molar-refractivity contribution in [2.45, 2.75) is 25.3 Å². The number of amides is 1. The van der Waals surface area contributed by atoms with Gasteiger partial charge in [0.1, 0.15) is 5.76 Å². The second-order valence-electron chi connectivity index (χ2n) is 7.47. The first kappa shape index (κ1) is 17.0. The van der Waals surface area contributed by atoms with E-state index in [0.717, 1.165) is 32.5 Å². The summed E-state index contributed by atoms with van der Waals surface area (Å²) in [6.45, 7) is 4.94. The lowest BCUT2D eigenvalue weighted by Gasteiger charge is -2.58. The number of nitrogens with zero attached hydrogens (tertiary/aromatic N) is 4. The van der Waals surface area contributed by atoms with E-state index in [2.05, 4.69) is 22.1 Å². The maximum absolute atomic E-state index is 12.5. The Bertz CT molecular complexity index is 770. The van der Waals surface area contributed by atoms with E-state index in [9.17, 15) is 4.79 Å². The highest BCUT2D eigenvalue weighted by Gasteiger charge is 2.51. The molecule has 0 N–H and O–H groups in total. The van der Waals surface area contributed by atoms with Crippen LogP contribution < -0.4 is 4.74 Å². The normalized spacial score (nSPS) is 22.2. The number of aromatic nitrogens is 2. The molecule has 1 amide bonds. The van der Waals surface area contributed by atoms with Gasteiger partial charge in [-0.2, -0.15) is 0 Å². The van der Waals surface area contributed by atoms with E-state index in [4.69, 9.17) is 9.26 Å². The molecule has 2 saturated heterocycles. The van der Waals surface area contributed by atoms with Crippen molar-refractivity contribution >= 4 is 5.91 Å². The minimum Gasteiger partial charge on any atom is -0.477 e. The molecule has 0 radical (unpaired) electrons. The van der Waals surface area contributed by atoms with Crippen molar-refractivity contribution in [2.24, 2.45) is 5.92 Å². The quantitative estimate of drug-likeness (QED) is 0.834. The van der Waals surface area contributed by atoms with Gasteiger partial charge in [-0.3, -0.25) is 9.69 Å². The summed E-state index contributed by atoms with van der Waals surface area (Å²) in [6.07, 6.45) is 3.87. The van der Waals surface area contributed by atoms with Crippen LogP contribution in [0.1, 0.15) is 29.1 Å². The molecule has 2 aliphatic rings. The van der Waals surface area contributed by atoms with E-state index in [1.54, 1.807) is 19.2 Å². The van der Waals surface area contributed by atoms with Crippen molar-refractivity contribution in [1.29, 1.82) is 0 Å². The molecule has 0 aromatic carbocycles. The molecule has 4 heterocycles. The van der Waals surface area contributed by atoms with Crippen molar-refractivity contribution in [3.05, 3.63) is 41.9 Å². The van der Waals surface area contributed by atoms with Gasteiger partial charge in [0.2, 0.25) is 5.88 Å². The third-order valence-corrected chi connectivity index (χ3v) is 5.56. The molecule has 2 aromatic heterocycles. The number of likely N-dealkylation sites (N-methyl/N-ethyl adjacent to an activating group) is 1. The lowest BCUT2D eigenvalue weighted by molar-refractivity contribution is -0.0698. The van der Waals surface area contributed by atoms with Crippen molar-refractivity contribution in [2.75, 3.05) is 33.3 Å². The van der Waals surface area contributed by atoms with Gasteiger partial charge in [0.25, 0.3) is 5.91 Å². The van der Waals surface area contributed by atoms with E-state index in [1.165, 1.54) is 0 Å². The number of likely N-dealkylation sites (tertiary alicyclic amines) is 2. The molecule has 2 aromatic rings. The Morgan fingerprint density at radius 3 is 2.96 bits per heavy atom. The summed E-state index contributed by atoms with van der Waals surface area (Å²) in [7, 11) is 2.15. The average molecular weight is 356 g/mol. The number of carbonyl (C=O) groups is 1. The zero-order valence-corrected chi connectivity index (χ0v) is 15.2. The Balaban J connectivity index is 1.35. The summed E-state index contributed by atoms with van der Waals surface area (Å²) < 4.78 is 10.9. The number of hydrogen-bond acceptors (Lipinski definition) is 6. The summed E-state index contributed by atoms with van der Waals surface area (Å²) in [5.74, 6) is 1.75. The van der Waals surface area contributed by atoms with Gasteiger partial charge < -0.3 is 14.2 Å². The molecule has 138 valence electrons. The van der Waals surface area contributed by atoms with E-state index < -0.39 is 0 Å². The fourth-order valence-electron chi connectivity index (χ4n) is 3.99. The molecule has 26 heavy (non-hydrogen) atoms. The van der Waals surface area contributed by atoms with Crippen LogP contribution in [0.5, 0.6) is 5.88 Å². The van der Waals surface area contributed by atoms with Gasteiger partial charge in [-0.25, -0.2) is 4.98 Å². The number of aryl methyl sites for hydroxylation is 1. The number of piperidine rings is 1. The SMILES string of the molecule is Cc1cc(C(=O)N2CC3(C[C@H](COc4ccccn4)CCN3C)C2)no1. The van der Waals surface area contributed by atoms with Gasteiger partial charge in [-0.1, -0.05) is 11.2 Å². The lowest BCUT2D eigenvalue weighted by Crippen LogP contribution is -2.72. The minimum absolute atomic E-state index is 0.0465. The minimum atomic E-state index is -0.0484. The van der Waals surface area contributed by atoms with E-state index in [1.807, 2.05) is 23.1 Å². The third-order valence-electron chi connectivity index (χ3n) is 5.56. The number of ether oxygens (including phenoxy) is 1. The molecular formula is C19H24N4O3. The first-order valence-electron chi connectivity index (χ1n) is 9.03. The van der Waals surface area contributed by atoms with Gasteiger partial charge in [0, 0.05) is 31.4 Å². The molecule has 0 saturated carbocycles. The Kier molecular flexibility index (Phi) is 4.40. The van der Waals surface area contributed by atoms with Crippen LogP contribution in [0, 0.1) is 12.8 Å². The molecule has 0 bridgehead atoms. The highest BCUT2D eigenvalue weighted by Crippen LogP contribution is 2.38. The molecule has 4 rings (SSSR count). The average Bonchev–Trinajstić information content (AvgIpc) is 3.06. The van der Waals surface area contributed by atoms with Crippen molar-refractivity contribution < 1.29 is 14.1 Å². The molecule has 1 atom stereocenters. The standard InChI is InChI=1S/C19H24N4O3/c1-14-9-16(21-26-14)18(24)23-12-19(13-23)10-15(6-8-22(19)2)11-25-17-5-3-4-7-20-17/h3-5,7,9,15H,6,8,10-13H2,1-2H3/t15-/m1/s1. The topological polar surface area (TPSA) is 71.7 Å². The maximum Gasteiger partial charge on any atom is 0.276 e. The smallest absolute Gasteiger partial charge is 0.276 e. The van der Waals surface area contributed by atoms with Gasteiger partial charge in [0.05, 0.1) is 12.1 Å². The summed E-state index contributed by atoms with van der Waals surface area (Å²) in [5, 5.41) is 3.84. The zero-order valence-electron chi connectivity index (χ0n) is 15.2. The van der Waals surface area contributed by atoms with E-state index in [-0.39, 0.29) is 11.4 Å². The van der Waals surface area contributed by atoms with Crippen LogP contribution in [0.4, 0.5) is 0 Å². The molecule has 7 heteroatoms. The van der Waals surface area contributed by atoms with Crippen molar-refractivity contribution in [3.8, 4) is 5.88 Å². The van der Waals surface area contributed by atoms with Crippen LogP contribution >= 0.6 is 0 Å². The van der Waals surface area contributed by atoms with Crippen molar-refractivity contribution in [1.82, 2.24) is 19.9 Å². The van der Waals surface area contributed by atoms with Crippen LogP contribution in [0.3, 0.4) is 0 Å². The lowest BCUT2D eigenvalue weighted by atomic mass is 9.75. The molecular weight excluding hydrogens is 332 g/mol. The predicted octanol–water partition coefficient (Wildman–Crippen LogP) is 1.99. The molecule has 2 aliphatic heterocycles. The molecule has 1 spiro atoms. The second kappa shape index (κ2) is 6.72. The molecule has 0 aliphatic carbocycles. The summed E-state index contributed by atoms with van der Waals surface area (Å²) in [5.41, 5.74) is 0.441. The fourth-order valence-corrected chi connectivity index (χ4v) is 3.99. The van der Waals surface area contributed by atoms with Crippen LogP contribution in [0.25, 0.3) is 0 Å². The zero-order chi connectivity index (χ0) is 18.1. The first-order valence-corrected chi connectivity index (χ1v) is 9.03. The predicted molar refractivity (Wildman–Crippen MR) is 95.0 cm³/mol. The number of hydrogen-bond donors (Lipinski definition) is 0. The third kappa shape index (κ3) is 3.19. The molecule has 0 unspecified atom stereocenters. The largest absolute Gasteiger partial charge is 0.477 e. The summed E-state index contributed by atoms with van der Waals surface area (Å²) in [6, 6.07) is 7.39. The van der Waals surface area contributed by atoms with Gasteiger partial charge in [0.15, 0.2) is 5.69 Å². The first-order chi connectivity index (χ1) is 12.6. The van der Waals surface area contributed by atoms with E-state index in [0.29, 0.717) is 29.9 Å². The number of pyridine rings is 1. The van der Waals surface area contributed by atoms with E-state index >= 15 is 0 Å². The van der Waals surface area contributed by atoms with Gasteiger partial charge in [-0.15, -0.1) is 0 Å². The Morgan fingerprint density at radius 2 is 2.27 bits per heavy atom. The van der Waals surface area contributed by atoms with Crippen LogP contribution in [0.2, 0.25) is 0 Å². The number of carbonyl (C=O) groups excluding carboxylic acids is 1. The summed E-state index contributed by atoms with van der Waals surface area (Å²) in [4.78, 5) is 21.0. The highest BCUT2D eigenvalue weighted by molar-refractivity contribution is 5.93. The fraction of sp³-hybridized carbons (Fsp3) is 0.526. The summed E-state index contributed by atoms with van der Waals surface area (Å²) >= 11 is 0. The molecule has 7 nitrogen and oxygen atoms in total. The highest BCUT2D eigenvalue weighted by atomic mass is 16.5. The van der Waals surface area contributed by atoms with Crippen LogP contribution in [-0.2, 0) is 0 Å². The maximum atomic E-state index is 12.5.